The van der Waals surface area contributed by atoms with Crippen molar-refractivity contribution in [2.24, 2.45) is 0 Å². The highest BCUT2D eigenvalue weighted by Crippen LogP contribution is 2.37. The van der Waals surface area contributed by atoms with Gasteiger partial charge in [0.05, 0.1) is 36.5 Å². The van der Waals surface area contributed by atoms with Gasteiger partial charge in [-0.1, -0.05) is 25.3 Å². The van der Waals surface area contributed by atoms with E-state index in [1.54, 1.807) is 107 Å². The SMILES string of the molecule is C1CCOC1.C=CC(=O)Nc1cccc(Oc2nc(Cl)ncc2OC)c1.C=CC(=O)Nc1cccc(Oc2nc(Nc3ccc4c(c3)CCN4C(C)=O)ncc2OC)c1.CC(=O)Cl.CC(=O)N1CCc2cc(N)ccc21.CC(=O)N1CCc2cc(N)ccc21.CC(=O)N1CCc2cc([N+](=O)[O-])ccc21.O=[N+]([O-])c1ccc2c(c1)CCN2. The molecule has 6 amide bonds. The molecule has 0 spiro atoms. The molecular weight excluding hydrogens is 1540 g/mol. The predicted octanol–water partition coefficient (Wildman–Crippen LogP) is 14.1. The molecule has 9 aromatic rings. The molecule has 0 unspecified atom stereocenters. The third-order valence-electron chi connectivity index (χ3n) is 17.6. The van der Waals surface area contributed by atoms with Gasteiger partial charge in [0.25, 0.3) is 23.1 Å². The number of nitro groups is 2. The summed E-state index contributed by atoms with van der Waals surface area (Å²) in [6, 6.07) is 40.4. The lowest BCUT2D eigenvalue weighted by Gasteiger charge is -2.15. The maximum Gasteiger partial charge on any atom is 0.269 e. The van der Waals surface area contributed by atoms with Crippen LogP contribution in [0.3, 0.4) is 0 Å². The molecule has 6 aliphatic rings. The molecule has 0 atom stereocenters. The predicted molar refractivity (Wildman–Crippen MR) is 446 cm³/mol. The van der Waals surface area contributed by atoms with Crippen LogP contribution < -0.4 is 71.3 Å². The lowest BCUT2D eigenvalue weighted by molar-refractivity contribution is -0.385. The number of nitrogens with two attached hydrogens (primary N) is 2. The maximum absolute atomic E-state index is 11.8. The zero-order valence-corrected chi connectivity index (χ0v) is 66.3. The number of hydrogen-bond acceptors (Lipinski definition) is 24. The Hall–Kier alpha value is -13.6. The number of nitrogens with zero attached hydrogens (tertiary/aromatic N) is 10. The monoisotopic (exact) mass is 1620 g/mol. The molecule has 1 saturated heterocycles. The summed E-state index contributed by atoms with van der Waals surface area (Å²) in [4.78, 5) is 121. The van der Waals surface area contributed by atoms with Gasteiger partial charge >= 0.3 is 0 Å². The molecular formula is C82H88Cl2N16O16. The number of fused-ring (bicyclic) bond motifs is 5. The van der Waals surface area contributed by atoms with Gasteiger partial charge in [0.1, 0.15) is 11.5 Å². The van der Waals surface area contributed by atoms with Crippen molar-refractivity contribution >= 4 is 138 Å². The van der Waals surface area contributed by atoms with Gasteiger partial charge in [0.2, 0.25) is 51.9 Å². The number of nitrogen functional groups attached to an aromatic ring is 2. The topological polar surface area (TPSA) is 417 Å². The number of halogens is 2. The first-order valence-corrected chi connectivity index (χ1v) is 37.0. The summed E-state index contributed by atoms with van der Waals surface area (Å²) in [5, 5.41) is 32.2. The molecule has 8 N–H and O–H groups in total. The molecule has 8 heterocycles. The molecule has 0 radical (unpaired) electrons. The van der Waals surface area contributed by atoms with E-state index in [9.17, 15) is 53.8 Å². The molecule has 0 saturated carbocycles. The van der Waals surface area contributed by atoms with Gasteiger partial charge in [-0.05, 0) is 199 Å². The maximum atomic E-state index is 11.8. The average Bonchev–Trinajstić information content (AvgIpc) is 1.64. The number of benzene rings is 7. The normalized spacial score (nSPS) is 12.9. The van der Waals surface area contributed by atoms with E-state index < -0.39 is 4.92 Å². The van der Waals surface area contributed by atoms with Crippen molar-refractivity contribution in [1.82, 2.24) is 19.9 Å². The first kappa shape index (κ1) is 88.0. The quantitative estimate of drug-likeness (QED) is 0.0147. The number of hydrogen-bond donors (Lipinski definition) is 6. The Kier molecular flexibility index (Phi) is 32.5. The van der Waals surface area contributed by atoms with Crippen molar-refractivity contribution in [3.8, 4) is 34.8 Å². The fourth-order valence-electron chi connectivity index (χ4n) is 12.2. The van der Waals surface area contributed by atoms with Crippen LogP contribution in [0.15, 0.2) is 177 Å². The minimum atomic E-state index is -0.420. The van der Waals surface area contributed by atoms with Crippen LogP contribution in [-0.4, -0.2) is 131 Å². The van der Waals surface area contributed by atoms with Crippen LogP contribution >= 0.6 is 23.2 Å². The average molecular weight is 1620 g/mol. The Balaban J connectivity index is 0.000000177. The fourth-order valence-corrected chi connectivity index (χ4v) is 12.4. The van der Waals surface area contributed by atoms with Gasteiger partial charge in [-0.25, -0.2) is 9.97 Å². The van der Waals surface area contributed by atoms with Crippen molar-refractivity contribution in [1.29, 1.82) is 0 Å². The zero-order chi connectivity index (χ0) is 84.1. The van der Waals surface area contributed by atoms with Crippen LogP contribution in [0.1, 0.15) is 75.3 Å². The summed E-state index contributed by atoms with van der Waals surface area (Å²) in [5.74, 6) is 1.92. The van der Waals surface area contributed by atoms with Gasteiger partial charge in [0, 0.05) is 174 Å². The number of non-ortho nitro benzene ring substituents is 2. The van der Waals surface area contributed by atoms with Crippen LogP contribution in [0.25, 0.3) is 0 Å². The molecule has 0 bridgehead atoms. The van der Waals surface area contributed by atoms with Crippen LogP contribution in [-0.2, 0) is 70.4 Å². The molecule has 32 nitrogen and oxygen atoms in total. The minimum Gasteiger partial charge on any atom is -0.490 e. The van der Waals surface area contributed by atoms with Crippen molar-refractivity contribution in [3.05, 3.63) is 231 Å². The summed E-state index contributed by atoms with van der Waals surface area (Å²) < 4.78 is 26.9. The lowest BCUT2D eigenvalue weighted by atomic mass is 10.1. The van der Waals surface area contributed by atoms with E-state index in [2.05, 4.69) is 66.0 Å². The standard InChI is InChI=1S/C24H23N5O4.C14H12ClN3O3.C10H10N2O3.2C10H12N2O.C8H8N2O2.C4H8O.C2H3ClO/c1-4-22(31)26-17-6-5-7-19(13-17)33-23-21(32-3)14-25-24(28-23)27-18-8-9-20-16(12-18)10-11-29(20)15(2)30;1-3-12(19)17-9-5-4-6-10(7-9)21-13-11(20-2)8-16-14(15)18-13;1-7(13)11-5-4-8-6-9(12(14)15)2-3-10(8)11;2*1-7(13)12-5-4-8-6-9(11)2-3-10(8)12;11-10(12)7-1-2-8-6(5-7)3-4-9-8;1-2-4-5-3-1;1-2(3)4/h4-9,12-14H,1,10-11H2,2-3H3,(H,26,31)(H,25,27,28);3-8H,1H2,2H3,(H,17,19);2-3,6H,4-5H2,1H3;2*2-3,6H,4-5,11H2,1H3;1-2,5,9H,3-4H2;1-4H2;1H3. The lowest BCUT2D eigenvalue weighted by Crippen LogP contribution is -2.25. The Morgan fingerprint density at radius 1 is 0.526 bits per heavy atom. The molecule has 6 aliphatic heterocycles. The van der Waals surface area contributed by atoms with Crippen molar-refractivity contribution in [2.75, 3.05) is 112 Å². The summed E-state index contributed by atoms with van der Waals surface area (Å²) >= 11 is 10.4. The highest BCUT2D eigenvalue weighted by atomic mass is 35.5. The van der Waals surface area contributed by atoms with E-state index in [0.717, 1.165) is 121 Å². The van der Waals surface area contributed by atoms with Gasteiger partial charge in [-0.15, -0.1) is 0 Å². The molecule has 1 fully saturated rings. The molecule has 15 rings (SSSR count). The molecule has 606 valence electrons. The van der Waals surface area contributed by atoms with E-state index in [0.29, 0.717) is 59.8 Å². The minimum absolute atomic E-state index is 0.0254. The van der Waals surface area contributed by atoms with Crippen molar-refractivity contribution in [3.63, 3.8) is 0 Å². The molecule has 116 heavy (non-hydrogen) atoms. The van der Waals surface area contributed by atoms with Crippen LogP contribution in [0, 0.1) is 20.2 Å². The summed E-state index contributed by atoms with van der Waals surface area (Å²) in [6.07, 6.45) is 12.1. The smallest absolute Gasteiger partial charge is 0.269 e. The number of rotatable bonds is 14. The Bertz CT molecular complexity index is 5020. The third kappa shape index (κ3) is 25.7. The number of ether oxygens (including phenoxy) is 5. The largest absolute Gasteiger partial charge is 0.490 e. The van der Waals surface area contributed by atoms with E-state index in [1.165, 1.54) is 94.8 Å². The molecule has 2 aromatic heterocycles. The number of nitrogens with one attached hydrogen (secondary N) is 4. The number of carbonyl (C=O) groups excluding carboxylic acids is 7. The van der Waals surface area contributed by atoms with E-state index in [-0.39, 0.29) is 74.0 Å². The Morgan fingerprint density at radius 3 is 1.35 bits per heavy atom. The first-order chi connectivity index (χ1) is 55.5. The van der Waals surface area contributed by atoms with Gasteiger partial charge in [-0.2, -0.15) is 9.97 Å². The van der Waals surface area contributed by atoms with Crippen LogP contribution in [0.4, 0.5) is 74.2 Å². The summed E-state index contributed by atoms with van der Waals surface area (Å²) in [7, 11) is 2.97. The van der Waals surface area contributed by atoms with Gasteiger partial charge < -0.3 is 76.0 Å². The van der Waals surface area contributed by atoms with Crippen LogP contribution in [0.5, 0.6) is 34.8 Å². The second-order valence-corrected chi connectivity index (χ2v) is 26.7. The number of aromatic nitrogens is 4. The van der Waals surface area contributed by atoms with E-state index in [4.69, 9.17) is 46.8 Å². The zero-order valence-electron chi connectivity index (χ0n) is 64.8. The van der Waals surface area contributed by atoms with Gasteiger partial charge in [-0.3, -0.25) is 53.8 Å². The van der Waals surface area contributed by atoms with Crippen molar-refractivity contribution in [2.45, 2.75) is 79.6 Å². The molecule has 7 aromatic carbocycles. The third-order valence-corrected chi connectivity index (χ3v) is 17.8. The number of anilines is 11. The first-order valence-electron chi connectivity index (χ1n) is 36.3. The summed E-state index contributed by atoms with van der Waals surface area (Å²) in [6.45, 7) is 20.1. The summed E-state index contributed by atoms with van der Waals surface area (Å²) in [5.41, 5.74) is 25.2. The molecule has 34 heteroatoms. The van der Waals surface area contributed by atoms with Crippen LogP contribution in [0.2, 0.25) is 5.28 Å². The van der Waals surface area contributed by atoms with E-state index >= 15 is 0 Å². The number of methoxy groups -OCH3 is 2. The second-order valence-electron chi connectivity index (χ2n) is 25.8. The number of amides is 6. The number of carbonyl (C=O) groups is 7. The fraction of sp³-hybridized carbons (Fsp3) is 0.256. The van der Waals surface area contributed by atoms with Crippen molar-refractivity contribution < 1.29 is 67.1 Å². The van der Waals surface area contributed by atoms with Gasteiger partial charge in [0.15, 0.2) is 11.5 Å². The second kappa shape index (κ2) is 42.9. The highest BCUT2D eigenvalue weighted by molar-refractivity contribution is 6.62. The number of nitro benzene ring substituents is 2. The molecule has 0 aliphatic carbocycles. The Labute approximate surface area is 679 Å². The Morgan fingerprint density at radius 2 is 0.931 bits per heavy atom. The van der Waals surface area contributed by atoms with E-state index in [1.807, 2.05) is 54.6 Å². The highest BCUT2D eigenvalue weighted by Gasteiger charge is 2.27.